The number of aryl methyl sites for hydroxylation is 1. The molecule has 0 radical (unpaired) electrons. The highest BCUT2D eigenvalue weighted by molar-refractivity contribution is 5.28. The Bertz CT molecular complexity index is 370. The summed E-state index contributed by atoms with van der Waals surface area (Å²) in [7, 11) is 0. The van der Waals surface area contributed by atoms with E-state index < -0.39 is 5.67 Å². The molecule has 1 nitrogen and oxygen atoms in total. The van der Waals surface area contributed by atoms with Crippen molar-refractivity contribution in [2.45, 2.75) is 31.9 Å². The average molecular weight is 225 g/mol. The van der Waals surface area contributed by atoms with Gasteiger partial charge in [-0.05, 0) is 56.1 Å². The summed E-state index contributed by atoms with van der Waals surface area (Å²) in [6.45, 7) is 3.30. The first-order chi connectivity index (χ1) is 7.59. The van der Waals surface area contributed by atoms with Gasteiger partial charge in [0.15, 0.2) is 0 Å². The summed E-state index contributed by atoms with van der Waals surface area (Å²) in [6, 6.07) is 4.58. The van der Waals surface area contributed by atoms with Gasteiger partial charge in [-0.1, -0.05) is 6.07 Å². The van der Waals surface area contributed by atoms with Crippen molar-refractivity contribution in [1.29, 1.82) is 0 Å². The Morgan fingerprint density at radius 2 is 2.00 bits per heavy atom. The third kappa shape index (κ3) is 2.59. The molecule has 1 aliphatic rings. The van der Waals surface area contributed by atoms with Gasteiger partial charge in [-0.2, -0.15) is 0 Å². The molecule has 88 valence electrons. The first-order valence-electron chi connectivity index (χ1n) is 5.74. The number of nitrogens with one attached hydrogen (secondary N) is 1. The largest absolute Gasteiger partial charge is 0.316 e. The maximum absolute atomic E-state index is 14.4. The second kappa shape index (κ2) is 4.50. The number of hydrogen-bond donors (Lipinski definition) is 1. The minimum Gasteiger partial charge on any atom is -0.316 e. The van der Waals surface area contributed by atoms with Gasteiger partial charge in [0.2, 0.25) is 0 Å². The summed E-state index contributed by atoms with van der Waals surface area (Å²) in [5.74, 6) is -0.250. The Labute approximate surface area is 94.9 Å². The molecule has 0 aliphatic carbocycles. The van der Waals surface area contributed by atoms with Crippen LogP contribution in [0.15, 0.2) is 18.2 Å². The van der Waals surface area contributed by atoms with Crippen LogP contribution in [0, 0.1) is 12.7 Å². The number of piperidine rings is 1. The molecule has 3 heteroatoms. The summed E-state index contributed by atoms with van der Waals surface area (Å²) in [5, 5.41) is 3.15. The van der Waals surface area contributed by atoms with Crippen molar-refractivity contribution in [1.82, 2.24) is 5.32 Å². The zero-order valence-electron chi connectivity index (χ0n) is 9.52. The van der Waals surface area contributed by atoms with Crippen LogP contribution >= 0.6 is 0 Å². The van der Waals surface area contributed by atoms with Crippen molar-refractivity contribution < 1.29 is 8.78 Å². The molecule has 1 saturated heterocycles. The maximum Gasteiger partial charge on any atom is 0.123 e. The van der Waals surface area contributed by atoms with Crippen LogP contribution in [0.4, 0.5) is 8.78 Å². The van der Waals surface area contributed by atoms with Crippen LogP contribution in [0.3, 0.4) is 0 Å². The summed E-state index contributed by atoms with van der Waals surface area (Å²) in [6.07, 6.45) is 1.49. The van der Waals surface area contributed by atoms with Crippen LogP contribution in [0.2, 0.25) is 0 Å². The molecular formula is C13H17F2N. The topological polar surface area (TPSA) is 12.0 Å². The van der Waals surface area contributed by atoms with Crippen LogP contribution < -0.4 is 5.32 Å². The molecular weight excluding hydrogens is 208 g/mol. The molecule has 16 heavy (non-hydrogen) atoms. The third-order valence-corrected chi connectivity index (χ3v) is 3.31. The Morgan fingerprint density at radius 1 is 1.31 bits per heavy atom. The lowest BCUT2D eigenvalue weighted by Gasteiger charge is -2.30. The monoisotopic (exact) mass is 225 g/mol. The van der Waals surface area contributed by atoms with Gasteiger partial charge in [0.05, 0.1) is 0 Å². The summed E-state index contributed by atoms with van der Waals surface area (Å²) in [4.78, 5) is 0. The Hall–Kier alpha value is -0.960. The van der Waals surface area contributed by atoms with Crippen molar-refractivity contribution in [3.63, 3.8) is 0 Å². The van der Waals surface area contributed by atoms with Crippen molar-refractivity contribution >= 4 is 0 Å². The van der Waals surface area contributed by atoms with Gasteiger partial charge in [-0.15, -0.1) is 0 Å². The molecule has 0 atom stereocenters. The van der Waals surface area contributed by atoms with Crippen molar-refractivity contribution in [3.05, 3.63) is 35.1 Å². The number of hydrogen-bond acceptors (Lipinski definition) is 1. The van der Waals surface area contributed by atoms with E-state index in [9.17, 15) is 8.78 Å². The zero-order valence-corrected chi connectivity index (χ0v) is 9.52. The van der Waals surface area contributed by atoms with Gasteiger partial charge in [-0.25, -0.2) is 8.78 Å². The highest BCUT2D eigenvalue weighted by atomic mass is 19.1. The number of rotatable bonds is 2. The molecule has 1 heterocycles. The van der Waals surface area contributed by atoms with Gasteiger partial charge in [-0.3, -0.25) is 0 Å². The summed E-state index contributed by atoms with van der Waals surface area (Å²) < 4.78 is 27.3. The van der Waals surface area contributed by atoms with Gasteiger partial charge in [0.25, 0.3) is 0 Å². The van der Waals surface area contributed by atoms with E-state index in [0.29, 0.717) is 19.3 Å². The van der Waals surface area contributed by atoms with E-state index in [4.69, 9.17) is 0 Å². The molecule has 1 N–H and O–H groups in total. The normalized spacial score (nSPS) is 19.7. The van der Waals surface area contributed by atoms with Crippen LogP contribution in [0.25, 0.3) is 0 Å². The highest BCUT2D eigenvalue weighted by Crippen LogP contribution is 2.29. The smallest absolute Gasteiger partial charge is 0.123 e. The lowest BCUT2D eigenvalue weighted by Crippen LogP contribution is -2.40. The van der Waals surface area contributed by atoms with E-state index in [1.165, 1.54) is 12.1 Å². The fourth-order valence-corrected chi connectivity index (χ4v) is 2.25. The molecule has 2 rings (SSSR count). The Morgan fingerprint density at radius 3 is 2.62 bits per heavy atom. The lowest BCUT2D eigenvalue weighted by molar-refractivity contribution is 0.116. The van der Waals surface area contributed by atoms with Gasteiger partial charge in [0, 0.05) is 6.42 Å². The first-order valence-corrected chi connectivity index (χ1v) is 5.74. The predicted octanol–water partition coefficient (Wildman–Crippen LogP) is 2.77. The lowest BCUT2D eigenvalue weighted by atomic mass is 9.86. The summed E-state index contributed by atoms with van der Waals surface area (Å²) >= 11 is 0. The van der Waals surface area contributed by atoms with E-state index in [2.05, 4.69) is 5.32 Å². The maximum atomic E-state index is 14.4. The van der Waals surface area contributed by atoms with Crippen molar-refractivity contribution in [2.75, 3.05) is 13.1 Å². The van der Waals surface area contributed by atoms with E-state index in [0.717, 1.165) is 24.2 Å². The number of halogens is 2. The van der Waals surface area contributed by atoms with E-state index in [-0.39, 0.29) is 5.82 Å². The standard InChI is InChI=1S/C13H17F2N/c1-10-8-12(14)3-2-11(10)9-13(15)4-6-16-7-5-13/h2-3,8,16H,4-7,9H2,1H3. The Kier molecular flexibility index (Phi) is 3.24. The third-order valence-electron chi connectivity index (χ3n) is 3.31. The van der Waals surface area contributed by atoms with Crippen molar-refractivity contribution in [2.24, 2.45) is 0 Å². The zero-order chi connectivity index (χ0) is 11.6. The molecule has 1 aromatic carbocycles. The molecule has 0 bridgehead atoms. The fourth-order valence-electron chi connectivity index (χ4n) is 2.25. The molecule has 1 fully saturated rings. The minimum absolute atomic E-state index is 0.250. The Balaban J connectivity index is 2.13. The molecule has 0 saturated carbocycles. The average Bonchev–Trinajstić information content (AvgIpc) is 2.23. The SMILES string of the molecule is Cc1cc(F)ccc1CC1(F)CCNCC1. The van der Waals surface area contributed by atoms with E-state index in [1.54, 1.807) is 6.07 Å². The highest BCUT2D eigenvalue weighted by Gasteiger charge is 2.32. The van der Waals surface area contributed by atoms with Gasteiger partial charge in [0.1, 0.15) is 11.5 Å². The number of benzene rings is 1. The van der Waals surface area contributed by atoms with E-state index in [1.807, 2.05) is 6.92 Å². The molecule has 0 unspecified atom stereocenters. The van der Waals surface area contributed by atoms with Crippen molar-refractivity contribution in [3.8, 4) is 0 Å². The van der Waals surface area contributed by atoms with Crippen LogP contribution in [0.1, 0.15) is 24.0 Å². The first kappa shape index (κ1) is 11.5. The molecule has 0 aromatic heterocycles. The molecule has 1 aromatic rings. The van der Waals surface area contributed by atoms with Gasteiger partial charge < -0.3 is 5.32 Å². The fraction of sp³-hybridized carbons (Fsp3) is 0.538. The van der Waals surface area contributed by atoms with Crippen LogP contribution in [-0.2, 0) is 6.42 Å². The quantitative estimate of drug-likeness (QED) is 0.816. The molecule has 0 spiro atoms. The summed E-state index contributed by atoms with van der Waals surface area (Å²) in [5.41, 5.74) is 0.648. The predicted molar refractivity (Wildman–Crippen MR) is 60.8 cm³/mol. The van der Waals surface area contributed by atoms with Crippen LogP contribution in [0.5, 0.6) is 0 Å². The molecule has 0 amide bonds. The number of alkyl halides is 1. The second-order valence-corrected chi connectivity index (χ2v) is 4.65. The molecule has 1 aliphatic heterocycles. The minimum atomic E-state index is -1.12. The van der Waals surface area contributed by atoms with E-state index >= 15 is 0 Å². The van der Waals surface area contributed by atoms with Gasteiger partial charge >= 0.3 is 0 Å². The second-order valence-electron chi connectivity index (χ2n) is 4.65. The van der Waals surface area contributed by atoms with Crippen LogP contribution in [-0.4, -0.2) is 18.8 Å².